The molecular weight excluding hydrogens is 188 g/mol. The van der Waals surface area contributed by atoms with E-state index in [1.165, 1.54) is 0 Å². The number of rotatable bonds is 4. The second-order valence-electron chi connectivity index (χ2n) is 3.43. The highest BCUT2D eigenvalue weighted by molar-refractivity contribution is 5.94. The number of nitriles is 1. The molecule has 0 heterocycles. The summed E-state index contributed by atoms with van der Waals surface area (Å²) in [4.78, 5) is 13.0. The van der Waals surface area contributed by atoms with Crippen LogP contribution in [0.25, 0.3) is 0 Å². The van der Waals surface area contributed by atoms with Gasteiger partial charge in [-0.1, -0.05) is 0 Å². The van der Waals surface area contributed by atoms with Crippen molar-refractivity contribution in [1.82, 2.24) is 0 Å². The second-order valence-corrected chi connectivity index (χ2v) is 3.43. The standard InChI is InChI=1S/C12H14N2O/c1-10(15)11-4-6-12(7-5-11)14(2)9-3-8-13/h4-7H,3,9H2,1-2H3. The lowest BCUT2D eigenvalue weighted by molar-refractivity contribution is 0.101. The first-order chi connectivity index (χ1) is 7.15. The van der Waals surface area contributed by atoms with E-state index >= 15 is 0 Å². The molecule has 0 spiro atoms. The first kappa shape index (κ1) is 11.3. The van der Waals surface area contributed by atoms with Crippen molar-refractivity contribution in [3.8, 4) is 6.07 Å². The summed E-state index contributed by atoms with van der Waals surface area (Å²) in [6.07, 6.45) is 0.505. The number of Topliss-reactive ketones (excluding diaryl/α,β-unsaturated/α-hetero) is 1. The molecule has 0 saturated heterocycles. The zero-order chi connectivity index (χ0) is 11.3. The molecule has 0 N–H and O–H groups in total. The molecule has 0 aliphatic heterocycles. The van der Waals surface area contributed by atoms with Crippen LogP contribution in [0.4, 0.5) is 5.69 Å². The van der Waals surface area contributed by atoms with Gasteiger partial charge in [0.1, 0.15) is 0 Å². The van der Waals surface area contributed by atoms with Crippen molar-refractivity contribution in [3.63, 3.8) is 0 Å². The quantitative estimate of drug-likeness (QED) is 0.703. The fourth-order valence-corrected chi connectivity index (χ4v) is 1.30. The molecule has 0 bridgehead atoms. The predicted molar refractivity (Wildman–Crippen MR) is 59.9 cm³/mol. The van der Waals surface area contributed by atoms with E-state index in [-0.39, 0.29) is 5.78 Å². The summed E-state index contributed by atoms with van der Waals surface area (Å²) in [6.45, 7) is 2.25. The number of anilines is 1. The van der Waals surface area contributed by atoms with Gasteiger partial charge in [0.05, 0.1) is 12.5 Å². The number of benzene rings is 1. The Kier molecular flexibility index (Phi) is 3.87. The third-order valence-electron chi connectivity index (χ3n) is 2.27. The van der Waals surface area contributed by atoms with Gasteiger partial charge in [0.15, 0.2) is 5.78 Å². The van der Waals surface area contributed by atoms with Crippen LogP contribution in [-0.4, -0.2) is 19.4 Å². The Hall–Kier alpha value is -1.82. The number of carbonyl (C=O) groups is 1. The minimum Gasteiger partial charge on any atom is -0.374 e. The molecule has 15 heavy (non-hydrogen) atoms. The van der Waals surface area contributed by atoms with Gasteiger partial charge >= 0.3 is 0 Å². The summed E-state index contributed by atoms with van der Waals surface area (Å²) in [5.41, 5.74) is 1.74. The Balaban J connectivity index is 2.71. The average Bonchev–Trinajstić information content (AvgIpc) is 2.26. The zero-order valence-electron chi connectivity index (χ0n) is 9.03. The van der Waals surface area contributed by atoms with E-state index in [0.29, 0.717) is 18.5 Å². The van der Waals surface area contributed by atoms with Crippen LogP contribution < -0.4 is 4.90 Å². The maximum Gasteiger partial charge on any atom is 0.159 e. The normalized spacial score (nSPS) is 9.40. The molecular formula is C12H14N2O. The average molecular weight is 202 g/mol. The highest BCUT2D eigenvalue weighted by Crippen LogP contribution is 2.14. The molecule has 0 aliphatic rings. The topological polar surface area (TPSA) is 44.1 Å². The maximum atomic E-state index is 11.0. The Morgan fingerprint density at radius 3 is 2.47 bits per heavy atom. The summed E-state index contributed by atoms with van der Waals surface area (Å²) in [7, 11) is 1.93. The number of nitrogens with zero attached hydrogens (tertiary/aromatic N) is 2. The van der Waals surface area contributed by atoms with E-state index in [1.807, 2.05) is 24.1 Å². The van der Waals surface area contributed by atoms with Gasteiger partial charge in [0.2, 0.25) is 0 Å². The van der Waals surface area contributed by atoms with E-state index in [1.54, 1.807) is 19.1 Å². The lowest BCUT2D eigenvalue weighted by atomic mass is 10.1. The van der Waals surface area contributed by atoms with Crippen LogP contribution in [0.1, 0.15) is 23.7 Å². The van der Waals surface area contributed by atoms with Crippen LogP contribution in [0.2, 0.25) is 0 Å². The predicted octanol–water partition coefficient (Wildman–Crippen LogP) is 2.24. The van der Waals surface area contributed by atoms with Crippen molar-refractivity contribution < 1.29 is 4.79 Å². The Morgan fingerprint density at radius 1 is 1.40 bits per heavy atom. The van der Waals surface area contributed by atoms with Crippen molar-refractivity contribution in [3.05, 3.63) is 29.8 Å². The highest BCUT2D eigenvalue weighted by Gasteiger charge is 2.02. The van der Waals surface area contributed by atoms with Gasteiger partial charge in [-0.25, -0.2) is 0 Å². The molecule has 0 fully saturated rings. The van der Waals surface area contributed by atoms with Crippen LogP contribution in [-0.2, 0) is 0 Å². The Labute approximate surface area is 89.9 Å². The van der Waals surface area contributed by atoms with Crippen molar-refractivity contribution in [2.75, 3.05) is 18.5 Å². The van der Waals surface area contributed by atoms with Gasteiger partial charge in [0, 0.05) is 24.8 Å². The molecule has 0 amide bonds. The first-order valence-electron chi connectivity index (χ1n) is 4.84. The fourth-order valence-electron chi connectivity index (χ4n) is 1.30. The van der Waals surface area contributed by atoms with Gasteiger partial charge in [0.25, 0.3) is 0 Å². The number of ketones is 1. The van der Waals surface area contributed by atoms with Crippen LogP contribution in [0.5, 0.6) is 0 Å². The Morgan fingerprint density at radius 2 is 2.00 bits per heavy atom. The third kappa shape index (κ3) is 3.10. The molecule has 3 nitrogen and oxygen atoms in total. The van der Waals surface area contributed by atoms with Gasteiger partial charge in [-0.05, 0) is 31.2 Å². The fraction of sp³-hybridized carbons (Fsp3) is 0.333. The van der Waals surface area contributed by atoms with Crippen molar-refractivity contribution in [1.29, 1.82) is 5.26 Å². The molecule has 1 aromatic carbocycles. The van der Waals surface area contributed by atoms with Crippen LogP contribution >= 0.6 is 0 Å². The Bertz CT molecular complexity index is 376. The zero-order valence-corrected chi connectivity index (χ0v) is 9.03. The lowest BCUT2D eigenvalue weighted by Crippen LogP contribution is -2.17. The number of hydrogen-bond donors (Lipinski definition) is 0. The minimum absolute atomic E-state index is 0.0706. The lowest BCUT2D eigenvalue weighted by Gasteiger charge is -2.17. The smallest absolute Gasteiger partial charge is 0.159 e. The van der Waals surface area contributed by atoms with Gasteiger partial charge < -0.3 is 4.90 Å². The molecule has 1 rings (SSSR count). The van der Waals surface area contributed by atoms with E-state index in [0.717, 1.165) is 5.69 Å². The summed E-state index contributed by atoms with van der Waals surface area (Å²) in [5, 5.41) is 8.46. The molecule has 0 radical (unpaired) electrons. The summed E-state index contributed by atoms with van der Waals surface area (Å²) in [6, 6.07) is 9.51. The molecule has 78 valence electrons. The number of carbonyl (C=O) groups excluding carboxylic acids is 1. The van der Waals surface area contributed by atoms with Crippen LogP contribution in [0, 0.1) is 11.3 Å². The summed E-state index contributed by atoms with van der Waals surface area (Å²) >= 11 is 0. The minimum atomic E-state index is 0.0706. The van der Waals surface area contributed by atoms with E-state index in [2.05, 4.69) is 6.07 Å². The first-order valence-corrected chi connectivity index (χ1v) is 4.84. The van der Waals surface area contributed by atoms with Crippen molar-refractivity contribution in [2.24, 2.45) is 0 Å². The van der Waals surface area contributed by atoms with Gasteiger partial charge in [-0.3, -0.25) is 4.79 Å². The summed E-state index contributed by atoms with van der Waals surface area (Å²) < 4.78 is 0. The second kappa shape index (κ2) is 5.16. The molecule has 0 saturated carbocycles. The monoisotopic (exact) mass is 202 g/mol. The van der Waals surface area contributed by atoms with Crippen LogP contribution in [0.3, 0.4) is 0 Å². The van der Waals surface area contributed by atoms with Crippen molar-refractivity contribution >= 4 is 11.5 Å². The van der Waals surface area contributed by atoms with E-state index in [4.69, 9.17) is 5.26 Å². The van der Waals surface area contributed by atoms with Crippen LogP contribution in [0.15, 0.2) is 24.3 Å². The highest BCUT2D eigenvalue weighted by atomic mass is 16.1. The van der Waals surface area contributed by atoms with Gasteiger partial charge in [-0.15, -0.1) is 0 Å². The summed E-state index contributed by atoms with van der Waals surface area (Å²) in [5.74, 6) is 0.0706. The van der Waals surface area contributed by atoms with Crippen molar-refractivity contribution in [2.45, 2.75) is 13.3 Å². The molecule has 0 atom stereocenters. The molecule has 0 aromatic heterocycles. The molecule has 0 aliphatic carbocycles. The largest absolute Gasteiger partial charge is 0.374 e. The SMILES string of the molecule is CC(=O)c1ccc(N(C)CCC#N)cc1. The maximum absolute atomic E-state index is 11.0. The molecule has 1 aromatic rings. The molecule has 0 unspecified atom stereocenters. The third-order valence-corrected chi connectivity index (χ3v) is 2.27. The van der Waals surface area contributed by atoms with E-state index in [9.17, 15) is 4.79 Å². The number of hydrogen-bond acceptors (Lipinski definition) is 3. The van der Waals surface area contributed by atoms with E-state index < -0.39 is 0 Å². The molecule has 3 heteroatoms. The van der Waals surface area contributed by atoms with Gasteiger partial charge in [-0.2, -0.15) is 5.26 Å².